The Balaban J connectivity index is 1.28. The van der Waals surface area contributed by atoms with Gasteiger partial charge in [0.25, 0.3) is 5.79 Å². The summed E-state index contributed by atoms with van der Waals surface area (Å²) in [5.41, 5.74) is 1.77. The Morgan fingerprint density at radius 2 is 1.73 bits per heavy atom. The third kappa shape index (κ3) is 3.56. The topological polar surface area (TPSA) is 78.6 Å². The van der Waals surface area contributed by atoms with Gasteiger partial charge in [-0.2, -0.15) is 0 Å². The standard InChI is InChI=1S/C23H25N3O4/c1-15(21-25-26-22(28-21)16-6-9-18(27-2)10-7-16)24-17-8-11-19-20(14-17)30-23(29-19)12-4-3-5-13-23/h6-11,14-15,24H,3-5,12-13H2,1-2H3. The van der Waals surface area contributed by atoms with Crippen LogP contribution in [0.2, 0.25) is 0 Å². The van der Waals surface area contributed by atoms with Gasteiger partial charge in [0.15, 0.2) is 11.5 Å². The van der Waals surface area contributed by atoms with Crippen molar-refractivity contribution in [2.45, 2.75) is 50.9 Å². The van der Waals surface area contributed by atoms with Gasteiger partial charge in [-0.15, -0.1) is 10.2 Å². The molecule has 1 atom stereocenters. The quantitative estimate of drug-likeness (QED) is 0.611. The fourth-order valence-corrected chi connectivity index (χ4v) is 4.05. The minimum atomic E-state index is -0.468. The highest BCUT2D eigenvalue weighted by molar-refractivity contribution is 5.57. The molecule has 30 heavy (non-hydrogen) atoms. The molecule has 2 aromatic carbocycles. The van der Waals surface area contributed by atoms with Gasteiger partial charge in [-0.1, -0.05) is 6.42 Å². The molecule has 1 fully saturated rings. The van der Waals surface area contributed by atoms with E-state index in [1.54, 1.807) is 7.11 Å². The van der Waals surface area contributed by atoms with Crippen molar-refractivity contribution in [1.82, 2.24) is 10.2 Å². The van der Waals surface area contributed by atoms with Gasteiger partial charge in [0.1, 0.15) is 11.8 Å². The number of nitrogens with one attached hydrogen (secondary N) is 1. The van der Waals surface area contributed by atoms with E-state index in [0.717, 1.165) is 54.2 Å². The second-order valence-corrected chi connectivity index (χ2v) is 7.88. The number of hydrogen-bond acceptors (Lipinski definition) is 7. The first-order chi connectivity index (χ1) is 14.6. The molecule has 0 radical (unpaired) electrons. The van der Waals surface area contributed by atoms with Crippen molar-refractivity contribution in [3.63, 3.8) is 0 Å². The van der Waals surface area contributed by atoms with Gasteiger partial charge in [0, 0.05) is 30.2 Å². The number of hydrogen-bond donors (Lipinski definition) is 1. The first-order valence-electron chi connectivity index (χ1n) is 10.4. The summed E-state index contributed by atoms with van der Waals surface area (Å²) < 4.78 is 23.4. The van der Waals surface area contributed by atoms with E-state index in [1.165, 1.54) is 6.42 Å². The third-order valence-electron chi connectivity index (χ3n) is 5.68. The summed E-state index contributed by atoms with van der Waals surface area (Å²) in [6.07, 6.45) is 5.42. The Morgan fingerprint density at radius 1 is 0.967 bits per heavy atom. The average Bonchev–Trinajstić information content (AvgIpc) is 3.39. The first kappa shape index (κ1) is 18.8. The van der Waals surface area contributed by atoms with E-state index in [9.17, 15) is 0 Å². The molecule has 1 aliphatic heterocycles. The summed E-state index contributed by atoms with van der Waals surface area (Å²) in [5, 5.41) is 11.8. The molecule has 2 aliphatic rings. The summed E-state index contributed by atoms with van der Waals surface area (Å²) >= 11 is 0. The fraction of sp³-hybridized carbons (Fsp3) is 0.391. The molecule has 1 spiro atoms. The maximum absolute atomic E-state index is 6.22. The molecule has 1 unspecified atom stereocenters. The SMILES string of the molecule is COc1ccc(-c2nnc(C(C)Nc3ccc4c(c3)OC3(CCCCC3)O4)o2)cc1. The summed E-state index contributed by atoms with van der Waals surface area (Å²) in [5.74, 6) is 2.91. The van der Waals surface area contributed by atoms with Crippen molar-refractivity contribution < 1.29 is 18.6 Å². The number of fused-ring (bicyclic) bond motifs is 1. The Kier molecular flexibility index (Phi) is 4.73. The van der Waals surface area contributed by atoms with Crippen LogP contribution >= 0.6 is 0 Å². The smallest absolute Gasteiger partial charge is 0.251 e. The molecular weight excluding hydrogens is 382 g/mol. The molecule has 1 N–H and O–H groups in total. The molecule has 5 rings (SSSR count). The van der Waals surface area contributed by atoms with Gasteiger partial charge in [0.2, 0.25) is 11.8 Å². The normalized spacial score (nSPS) is 17.7. The van der Waals surface area contributed by atoms with Gasteiger partial charge in [0.05, 0.1) is 7.11 Å². The fourth-order valence-electron chi connectivity index (χ4n) is 4.05. The first-order valence-corrected chi connectivity index (χ1v) is 10.4. The van der Waals surface area contributed by atoms with Crippen LogP contribution in [-0.2, 0) is 0 Å². The van der Waals surface area contributed by atoms with Crippen molar-refractivity contribution in [3.05, 3.63) is 48.4 Å². The molecule has 156 valence electrons. The van der Waals surface area contributed by atoms with E-state index in [1.807, 2.05) is 49.4 Å². The molecule has 1 saturated carbocycles. The Bertz CT molecular complexity index is 1030. The number of methoxy groups -OCH3 is 1. The lowest BCUT2D eigenvalue weighted by molar-refractivity contribution is -0.105. The number of benzene rings is 2. The van der Waals surface area contributed by atoms with E-state index < -0.39 is 5.79 Å². The lowest BCUT2D eigenvalue weighted by Gasteiger charge is -2.31. The van der Waals surface area contributed by atoms with Crippen LogP contribution in [-0.4, -0.2) is 23.1 Å². The monoisotopic (exact) mass is 407 g/mol. The van der Waals surface area contributed by atoms with E-state index in [-0.39, 0.29) is 6.04 Å². The molecule has 2 heterocycles. The Hall–Kier alpha value is -3.22. The van der Waals surface area contributed by atoms with Crippen molar-refractivity contribution in [3.8, 4) is 28.7 Å². The number of rotatable bonds is 5. The van der Waals surface area contributed by atoms with Crippen molar-refractivity contribution in [2.24, 2.45) is 0 Å². The lowest BCUT2D eigenvalue weighted by Crippen LogP contribution is -2.40. The van der Waals surface area contributed by atoms with Crippen LogP contribution < -0.4 is 19.5 Å². The number of nitrogens with zero attached hydrogens (tertiary/aromatic N) is 2. The van der Waals surface area contributed by atoms with E-state index in [4.69, 9.17) is 18.6 Å². The van der Waals surface area contributed by atoms with Crippen LogP contribution in [0.4, 0.5) is 5.69 Å². The zero-order chi connectivity index (χ0) is 20.6. The predicted molar refractivity (Wildman–Crippen MR) is 112 cm³/mol. The van der Waals surface area contributed by atoms with Crippen LogP contribution in [0.3, 0.4) is 0 Å². The largest absolute Gasteiger partial charge is 0.497 e. The summed E-state index contributed by atoms with van der Waals surface area (Å²) in [6.45, 7) is 1.98. The summed E-state index contributed by atoms with van der Waals surface area (Å²) in [4.78, 5) is 0. The highest BCUT2D eigenvalue weighted by atomic mass is 16.7. The minimum absolute atomic E-state index is 0.159. The van der Waals surface area contributed by atoms with Crippen LogP contribution in [0.5, 0.6) is 17.2 Å². The zero-order valence-electron chi connectivity index (χ0n) is 17.2. The number of ether oxygens (including phenoxy) is 3. The summed E-state index contributed by atoms with van der Waals surface area (Å²) in [7, 11) is 1.64. The van der Waals surface area contributed by atoms with Crippen molar-refractivity contribution >= 4 is 5.69 Å². The molecule has 1 aromatic heterocycles. The maximum atomic E-state index is 6.22. The predicted octanol–water partition coefficient (Wildman–Crippen LogP) is 5.35. The molecule has 7 heteroatoms. The zero-order valence-corrected chi connectivity index (χ0v) is 17.2. The van der Waals surface area contributed by atoms with Gasteiger partial charge in [-0.25, -0.2) is 0 Å². The average molecular weight is 407 g/mol. The molecule has 1 aliphatic carbocycles. The molecule has 0 saturated heterocycles. The van der Waals surface area contributed by atoms with E-state index in [2.05, 4.69) is 15.5 Å². The van der Waals surface area contributed by atoms with E-state index >= 15 is 0 Å². The van der Waals surface area contributed by atoms with Gasteiger partial charge < -0.3 is 23.9 Å². The number of aromatic nitrogens is 2. The van der Waals surface area contributed by atoms with Crippen LogP contribution in [0.1, 0.15) is 51.0 Å². The summed E-state index contributed by atoms with van der Waals surface area (Å²) in [6, 6.07) is 13.3. The van der Waals surface area contributed by atoms with Crippen molar-refractivity contribution in [1.29, 1.82) is 0 Å². The molecule has 7 nitrogen and oxygen atoms in total. The molecular formula is C23H25N3O4. The highest BCUT2D eigenvalue weighted by Crippen LogP contribution is 2.46. The molecule has 0 amide bonds. The second-order valence-electron chi connectivity index (χ2n) is 7.88. The highest BCUT2D eigenvalue weighted by Gasteiger charge is 2.42. The van der Waals surface area contributed by atoms with E-state index in [0.29, 0.717) is 11.8 Å². The van der Waals surface area contributed by atoms with Crippen LogP contribution in [0.15, 0.2) is 46.9 Å². The Labute approximate surface area is 175 Å². The van der Waals surface area contributed by atoms with Crippen molar-refractivity contribution in [2.75, 3.05) is 12.4 Å². The van der Waals surface area contributed by atoms with Gasteiger partial charge in [-0.3, -0.25) is 0 Å². The molecule has 0 bridgehead atoms. The van der Waals surface area contributed by atoms with Crippen LogP contribution in [0.25, 0.3) is 11.5 Å². The number of anilines is 1. The molecule has 3 aromatic rings. The minimum Gasteiger partial charge on any atom is -0.497 e. The third-order valence-corrected chi connectivity index (χ3v) is 5.68. The lowest BCUT2D eigenvalue weighted by atomic mass is 9.94. The second kappa shape index (κ2) is 7.55. The van der Waals surface area contributed by atoms with Gasteiger partial charge in [-0.05, 0) is 56.2 Å². The maximum Gasteiger partial charge on any atom is 0.251 e. The Morgan fingerprint density at radius 3 is 2.50 bits per heavy atom. The van der Waals surface area contributed by atoms with Gasteiger partial charge >= 0.3 is 0 Å². The van der Waals surface area contributed by atoms with Crippen LogP contribution in [0, 0.1) is 0 Å².